The summed E-state index contributed by atoms with van der Waals surface area (Å²) in [6.07, 6.45) is 1.44. The Morgan fingerprint density at radius 3 is 2.30 bits per heavy atom. The first-order valence-electron chi connectivity index (χ1n) is 7.56. The molecule has 2 aromatic rings. The molecule has 0 spiro atoms. The van der Waals surface area contributed by atoms with Gasteiger partial charge in [0.05, 0.1) is 0 Å². The Morgan fingerprint density at radius 1 is 1.00 bits per heavy atom. The van der Waals surface area contributed by atoms with Gasteiger partial charge in [0.2, 0.25) is 0 Å². The molecule has 114 valence electrons. The number of nitriles is 1. The number of benzene rings is 2. The van der Waals surface area contributed by atoms with Gasteiger partial charge in [-0.3, -0.25) is 4.79 Å². The second-order valence-electron chi connectivity index (χ2n) is 5.10. The third kappa shape index (κ3) is 5.69. The van der Waals surface area contributed by atoms with Crippen molar-refractivity contribution in [1.29, 1.82) is 5.26 Å². The molecule has 0 unspecified atom stereocenters. The highest BCUT2D eigenvalue weighted by atomic mass is 16.2. The number of unbranched alkanes of at least 4 members (excludes halogenated alkanes) is 1. The molecule has 0 aliphatic rings. The molecule has 0 aliphatic heterocycles. The van der Waals surface area contributed by atoms with E-state index in [0.29, 0.717) is 19.5 Å². The highest BCUT2D eigenvalue weighted by molar-refractivity contribution is 5.91. The van der Waals surface area contributed by atoms with Crippen LogP contribution in [0.3, 0.4) is 0 Å². The number of hydrogen-bond donors (Lipinski definition) is 0. The zero-order chi connectivity index (χ0) is 16.3. The molecule has 2 aromatic carbocycles. The topological polar surface area (TPSA) is 44.1 Å². The molecule has 2 rings (SSSR count). The van der Waals surface area contributed by atoms with Crippen LogP contribution in [-0.2, 0) is 11.3 Å². The molecule has 0 saturated carbocycles. The van der Waals surface area contributed by atoms with Crippen LogP contribution in [0.25, 0.3) is 0 Å². The standard InChI is InChI=1S/C20H18N2O/c21-16-20(23)22(17-19-13-6-2-7-14-19)15-9-3-8-12-18-10-4-1-5-11-18/h1-2,4-7,10-11,13-14H,3,9,15,17H2. The first-order valence-corrected chi connectivity index (χ1v) is 7.56. The van der Waals surface area contributed by atoms with Gasteiger partial charge in [0, 0.05) is 25.1 Å². The molecule has 0 aliphatic carbocycles. The summed E-state index contributed by atoms with van der Waals surface area (Å²) in [5, 5.41) is 8.87. The summed E-state index contributed by atoms with van der Waals surface area (Å²) >= 11 is 0. The first kappa shape index (κ1) is 16.3. The Morgan fingerprint density at radius 2 is 1.65 bits per heavy atom. The van der Waals surface area contributed by atoms with Crippen LogP contribution >= 0.6 is 0 Å². The maximum absolute atomic E-state index is 11.7. The van der Waals surface area contributed by atoms with Gasteiger partial charge in [0.25, 0.3) is 0 Å². The predicted octanol–water partition coefficient (Wildman–Crippen LogP) is 3.37. The molecule has 0 N–H and O–H groups in total. The van der Waals surface area contributed by atoms with Crippen LogP contribution < -0.4 is 0 Å². The monoisotopic (exact) mass is 302 g/mol. The zero-order valence-corrected chi connectivity index (χ0v) is 12.9. The van der Waals surface area contributed by atoms with Crippen LogP contribution in [0.4, 0.5) is 0 Å². The summed E-state index contributed by atoms with van der Waals surface area (Å²) in [6.45, 7) is 0.990. The second kappa shape index (κ2) is 9.07. The van der Waals surface area contributed by atoms with E-state index in [1.54, 1.807) is 11.0 Å². The minimum atomic E-state index is -0.495. The van der Waals surface area contributed by atoms with Gasteiger partial charge in [0.15, 0.2) is 6.07 Å². The normalized spacial score (nSPS) is 9.35. The van der Waals surface area contributed by atoms with Crippen molar-refractivity contribution in [2.45, 2.75) is 19.4 Å². The van der Waals surface area contributed by atoms with E-state index >= 15 is 0 Å². The fourth-order valence-electron chi connectivity index (χ4n) is 2.17. The van der Waals surface area contributed by atoms with Crippen LogP contribution in [0.5, 0.6) is 0 Å². The summed E-state index contributed by atoms with van der Waals surface area (Å²) in [6, 6.07) is 21.2. The molecule has 0 saturated heterocycles. The lowest BCUT2D eigenvalue weighted by atomic mass is 10.2. The van der Waals surface area contributed by atoms with E-state index in [0.717, 1.165) is 17.5 Å². The van der Waals surface area contributed by atoms with E-state index in [-0.39, 0.29) is 0 Å². The van der Waals surface area contributed by atoms with Crippen molar-refractivity contribution >= 4 is 5.91 Å². The summed E-state index contributed by atoms with van der Waals surface area (Å²) in [5.41, 5.74) is 2.01. The highest BCUT2D eigenvalue weighted by Gasteiger charge is 2.12. The quantitative estimate of drug-likeness (QED) is 0.483. The number of amides is 1. The van der Waals surface area contributed by atoms with Crippen molar-refractivity contribution in [3.63, 3.8) is 0 Å². The van der Waals surface area contributed by atoms with E-state index in [1.807, 2.05) is 60.7 Å². The third-order valence-corrected chi connectivity index (χ3v) is 3.34. The fraction of sp³-hybridized carbons (Fsp3) is 0.200. The van der Waals surface area contributed by atoms with E-state index in [4.69, 9.17) is 5.26 Å². The molecule has 3 nitrogen and oxygen atoms in total. The third-order valence-electron chi connectivity index (χ3n) is 3.34. The number of nitrogens with zero attached hydrogens (tertiary/aromatic N) is 2. The van der Waals surface area contributed by atoms with E-state index in [1.165, 1.54) is 0 Å². The average molecular weight is 302 g/mol. The van der Waals surface area contributed by atoms with Crippen molar-refractivity contribution in [1.82, 2.24) is 4.90 Å². The lowest BCUT2D eigenvalue weighted by molar-refractivity contribution is -0.125. The largest absolute Gasteiger partial charge is 0.326 e. The van der Waals surface area contributed by atoms with Gasteiger partial charge in [-0.05, 0) is 24.1 Å². The van der Waals surface area contributed by atoms with Crippen LogP contribution in [0.15, 0.2) is 60.7 Å². The van der Waals surface area contributed by atoms with Crippen molar-refractivity contribution < 1.29 is 4.79 Å². The van der Waals surface area contributed by atoms with E-state index in [2.05, 4.69) is 11.8 Å². The molecule has 0 fully saturated rings. The number of carbonyl (C=O) groups is 1. The lowest BCUT2D eigenvalue weighted by Gasteiger charge is -2.19. The van der Waals surface area contributed by atoms with Gasteiger partial charge in [0.1, 0.15) is 0 Å². The van der Waals surface area contributed by atoms with Gasteiger partial charge in [-0.1, -0.05) is 60.4 Å². The smallest absolute Gasteiger partial charge is 0.325 e. The van der Waals surface area contributed by atoms with Crippen LogP contribution in [-0.4, -0.2) is 17.4 Å². The SMILES string of the molecule is N#CC(=O)N(CCCC#Cc1ccccc1)Cc1ccccc1. The van der Waals surface area contributed by atoms with Gasteiger partial charge < -0.3 is 4.90 Å². The average Bonchev–Trinajstić information content (AvgIpc) is 2.61. The van der Waals surface area contributed by atoms with Crippen LogP contribution in [0.2, 0.25) is 0 Å². The van der Waals surface area contributed by atoms with Gasteiger partial charge >= 0.3 is 5.91 Å². The maximum atomic E-state index is 11.7. The Balaban J connectivity index is 1.86. The molecule has 3 heteroatoms. The first-order chi connectivity index (χ1) is 11.3. The Hall–Kier alpha value is -3.04. The summed E-state index contributed by atoms with van der Waals surface area (Å²) in [4.78, 5) is 13.3. The van der Waals surface area contributed by atoms with Crippen molar-refractivity contribution in [3.05, 3.63) is 71.8 Å². The van der Waals surface area contributed by atoms with Crippen molar-refractivity contribution in [2.75, 3.05) is 6.54 Å². The summed E-state index contributed by atoms with van der Waals surface area (Å²) in [5.74, 6) is 5.70. The predicted molar refractivity (Wildman–Crippen MR) is 90.0 cm³/mol. The minimum Gasteiger partial charge on any atom is -0.326 e. The molecule has 0 aromatic heterocycles. The molecular formula is C20H18N2O. The Bertz CT molecular complexity index is 721. The van der Waals surface area contributed by atoms with Gasteiger partial charge in [-0.2, -0.15) is 5.26 Å². The summed E-state index contributed by atoms with van der Waals surface area (Å²) in [7, 11) is 0. The molecule has 0 heterocycles. The maximum Gasteiger partial charge on any atom is 0.325 e. The molecular weight excluding hydrogens is 284 g/mol. The van der Waals surface area contributed by atoms with Gasteiger partial charge in [-0.15, -0.1) is 0 Å². The van der Waals surface area contributed by atoms with E-state index < -0.39 is 5.91 Å². The molecule has 0 radical (unpaired) electrons. The Labute approximate surface area is 137 Å². The number of rotatable bonds is 5. The lowest BCUT2D eigenvalue weighted by Crippen LogP contribution is -2.30. The van der Waals surface area contributed by atoms with Crippen molar-refractivity contribution in [3.8, 4) is 17.9 Å². The number of hydrogen-bond acceptors (Lipinski definition) is 2. The fourth-order valence-corrected chi connectivity index (χ4v) is 2.17. The highest BCUT2D eigenvalue weighted by Crippen LogP contribution is 2.06. The van der Waals surface area contributed by atoms with Crippen LogP contribution in [0.1, 0.15) is 24.0 Å². The zero-order valence-electron chi connectivity index (χ0n) is 12.9. The number of carbonyl (C=O) groups excluding carboxylic acids is 1. The molecule has 0 bridgehead atoms. The van der Waals surface area contributed by atoms with Gasteiger partial charge in [-0.25, -0.2) is 0 Å². The summed E-state index contributed by atoms with van der Waals surface area (Å²) < 4.78 is 0. The molecule has 0 atom stereocenters. The second-order valence-corrected chi connectivity index (χ2v) is 5.10. The Kier molecular flexibility index (Phi) is 6.44. The molecule has 1 amide bonds. The van der Waals surface area contributed by atoms with E-state index in [9.17, 15) is 4.79 Å². The molecule has 23 heavy (non-hydrogen) atoms. The minimum absolute atomic E-state index is 0.458. The van der Waals surface area contributed by atoms with Crippen molar-refractivity contribution in [2.24, 2.45) is 0 Å². The van der Waals surface area contributed by atoms with Crippen LogP contribution in [0, 0.1) is 23.2 Å².